The number of carbonyl (C=O) groups excluding carboxylic acids is 1. The predicted molar refractivity (Wildman–Crippen MR) is 97.4 cm³/mol. The first-order chi connectivity index (χ1) is 10.9. The van der Waals surface area contributed by atoms with E-state index in [1.54, 1.807) is 36.4 Å². The third kappa shape index (κ3) is 4.68. The van der Waals surface area contributed by atoms with Crippen LogP contribution < -0.4 is 15.8 Å². The Labute approximate surface area is 145 Å². The number of rotatable bonds is 5. The summed E-state index contributed by atoms with van der Waals surface area (Å²) < 4.78 is 5.51. The van der Waals surface area contributed by atoms with Crippen LogP contribution in [0.15, 0.2) is 36.4 Å². The first kappa shape index (κ1) is 17.2. The van der Waals surface area contributed by atoms with Crippen LogP contribution in [0.2, 0.25) is 5.02 Å². The van der Waals surface area contributed by atoms with Crippen molar-refractivity contribution in [2.75, 3.05) is 11.9 Å². The molecule has 0 atom stereocenters. The van der Waals surface area contributed by atoms with E-state index in [1.807, 2.05) is 13.8 Å². The molecule has 0 spiro atoms. The van der Waals surface area contributed by atoms with Crippen LogP contribution in [0.1, 0.15) is 16.7 Å². The first-order valence-electron chi connectivity index (χ1n) is 6.96. The number of anilines is 1. The number of nitrogens with one attached hydrogen (secondary N) is 1. The van der Waals surface area contributed by atoms with Crippen LogP contribution in [0.4, 0.5) is 5.69 Å². The summed E-state index contributed by atoms with van der Waals surface area (Å²) in [5, 5.41) is 3.45. The van der Waals surface area contributed by atoms with Crippen LogP contribution >= 0.6 is 23.8 Å². The highest BCUT2D eigenvalue weighted by Gasteiger charge is 2.07. The summed E-state index contributed by atoms with van der Waals surface area (Å²) >= 11 is 11.0. The molecule has 2 rings (SSSR count). The fourth-order valence-electron chi connectivity index (χ4n) is 2.05. The lowest BCUT2D eigenvalue weighted by Gasteiger charge is -2.10. The van der Waals surface area contributed by atoms with Gasteiger partial charge in [0.1, 0.15) is 10.7 Å². The fraction of sp³-hybridized carbons (Fsp3) is 0.176. The average molecular weight is 349 g/mol. The summed E-state index contributed by atoms with van der Waals surface area (Å²) in [6.07, 6.45) is 0. The molecule has 2 aromatic carbocycles. The molecule has 0 bridgehead atoms. The number of aryl methyl sites for hydroxylation is 2. The maximum Gasteiger partial charge on any atom is 0.262 e. The van der Waals surface area contributed by atoms with Crippen molar-refractivity contribution in [2.45, 2.75) is 13.8 Å². The smallest absolute Gasteiger partial charge is 0.262 e. The lowest BCUT2D eigenvalue weighted by atomic mass is 10.1. The van der Waals surface area contributed by atoms with Gasteiger partial charge in [0.25, 0.3) is 5.91 Å². The van der Waals surface area contributed by atoms with Gasteiger partial charge in [0.2, 0.25) is 0 Å². The molecule has 1 amide bonds. The van der Waals surface area contributed by atoms with E-state index in [9.17, 15) is 4.79 Å². The fourth-order valence-corrected chi connectivity index (χ4v) is 2.30. The molecule has 0 unspecified atom stereocenters. The van der Waals surface area contributed by atoms with E-state index >= 15 is 0 Å². The summed E-state index contributed by atoms with van der Waals surface area (Å²) in [5.74, 6) is 0.363. The maximum absolute atomic E-state index is 11.9. The Morgan fingerprint density at radius 3 is 2.30 bits per heavy atom. The summed E-state index contributed by atoms with van der Waals surface area (Å²) in [6.45, 7) is 3.70. The van der Waals surface area contributed by atoms with E-state index in [4.69, 9.17) is 34.3 Å². The van der Waals surface area contributed by atoms with E-state index in [1.165, 1.54) is 0 Å². The number of hydrogen-bond acceptors (Lipinski definition) is 3. The largest absolute Gasteiger partial charge is 0.484 e. The maximum atomic E-state index is 11.9. The van der Waals surface area contributed by atoms with Gasteiger partial charge < -0.3 is 15.8 Å². The van der Waals surface area contributed by atoms with Crippen LogP contribution in [0.3, 0.4) is 0 Å². The molecule has 0 heterocycles. The molecule has 0 aliphatic rings. The molecule has 2 aromatic rings. The van der Waals surface area contributed by atoms with Gasteiger partial charge in [0, 0.05) is 16.3 Å². The minimum absolute atomic E-state index is 0.0857. The molecule has 0 aromatic heterocycles. The standard InChI is InChI=1S/C17H17ClN2O2S/c1-10-7-14(8-11(2)16(10)18)22-9-15(21)20-13-5-3-12(4-6-13)17(19)23/h3-8H,9H2,1-2H3,(H2,19,23)(H,20,21). The predicted octanol–water partition coefficient (Wildman–Crippen LogP) is 3.61. The molecule has 23 heavy (non-hydrogen) atoms. The second-order valence-electron chi connectivity index (χ2n) is 5.15. The summed E-state index contributed by atoms with van der Waals surface area (Å²) in [5.41, 5.74) is 8.76. The molecule has 4 nitrogen and oxygen atoms in total. The SMILES string of the molecule is Cc1cc(OCC(=O)Nc2ccc(C(N)=S)cc2)cc(C)c1Cl. The lowest BCUT2D eigenvalue weighted by molar-refractivity contribution is -0.118. The third-order valence-corrected chi connectivity index (χ3v) is 4.06. The molecule has 120 valence electrons. The number of ether oxygens (including phenoxy) is 1. The van der Waals surface area contributed by atoms with Crippen molar-refractivity contribution in [3.63, 3.8) is 0 Å². The molecular weight excluding hydrogens is 332 g/mol. The number of halogens is 1. The quantitative estimate of drug-likeness (QED) is 0.810. The Hall–Kier alpha value is -2.11. The molecule has 0 fully saturated rings. The van der Waals surface area contributed by atoms with Gasteiger partial charge >= 0.3 is 0 Å². The molecule has 0 saturated heterocycles. The average Bonchev–Trinajstić information content (AvgIpc) is 2.51. The number of thiocarbonyl (C=S) groups is 1. The third-order valence-electron chi connectivity index (χ3n) is 3.23. The number of nitrogens with two attached hydrogens (primary N) is 1. The number of benzene rings is 2. The minimum Gasteiger partial charge on any atom is -0.484 e. The van der Waals surface area contributed by atoms with Crippen LogP contribution in [0.25, 0.3) is 0 Å². The van der Waals surface area contributed by atoms with Crippen LogP contribution in [0.5, 0.6) is 5.75 Å². The van der Waals surface area contributed by atoms with Gasteiger partial charge in [-0.1, -0.05) is 23.8 Å². The zero-order valence-corrected chi connectivity index (χ0v) is 14.4. The van der Waals surface area contributed by atoms with E-state index in [-0.39, 0.29) is 12.5 Å². The van der Waals surface area contributed by atoms with Crippen molar-refractivity contribution < 1.29 is 9.53 Å². The van der Waals surface area contributed by atoms with Gasteiger partial charge in [-0.05, 0) is 61.4 Å². The highest BCUT2D eigenvalue weighted by molar-refractivity contribution is 7.80. The number of amides is 1. The molecule has 0 saturated carbocycles. The van der Waals surface area contributed by atoms with Gasteiger partial charge in [-0.2, -0.15) is 0 Å². The Morgan fingerprint density at radius 2 is 1.78 bits per heavy atom. The Bertz CT molecular complexity index is 722. The van der Waals surface area contributed by atoms with Gasteiger partial charge in [0.15, 0.2) is 6.61 Å². The Morgan fingerprint density at radius 1 is 1.22 bits per heavy atom. The molecule has 0 radical (unpaired) electrons. The van der Waals surface area contributed by atoms with E-state index in [0.717, 1.165) is 16.7 Å². The molecule has 6 heteroatoms. The van der Waals surface area contributed by atoms with Crippen molar-refractivity contribution in [1.82, 2.24) is 0 Å². The second-order valence-corrected chi connectivity index (χ2v) is 5.97. The Balaban J connectivity index is 1.93. The van der Waals surface area contributed by atoms with Gasteiger partial charge in [0.05, 0.1) is 0 Å². The topological polar surface area (TPSA) is 64.3 Å². The van der Waals surface area contributed by atoms with Crippen LogP contribution in [-0.2, 0) is 4.79 Å². The Kier molecular flexibility index (Phi) is 5.58. The highest BCUT2D eigenvalue weighted by atomic mass is 35.5. The second kappa shape index (κ2) is 7.44. The van der Waals surface area contributed by atoms with E-state index in [2.05, 4.69) is 5.32 Å². The van der Waals surface area contributed by atoms with Crippen molar-refractivity contribution >= 4 is 40.4 Å². The first-order valence-corrected chi connectivity index (χ1v) is 7.74. The summed E-state index contributed by atoms with van der Waals surface area (Å²) in [4.78, 5) is 12.2. The molecular formula is C17H17ClN2O2S. The highest BCUT2D eigenvalue weighted by Crippen LogP contribution is 2.25. The summed E-state index contributed by atoms with van der Waals surface area (Å²) in [6, 6.07) is 10.6. The van der Waals surface area contributed by atoms with Gasteiger partial charge in [-0.25, -0.2) is 0 Å². The van der Waals surface area contributed by atoms with E-state index < -0.39 is 0 Å². The van der Waals surface area contributed by atoms with Gasteiger partial charge in [-0.15, -0.1) is 0 Å². The zero-order valence-electron chi connectivity index (χ0n) is 12.9. The van der Waals surface area contributed by atoms with Crippen LogP contribution in [-0.4, -0.2) is 17.5 Å². The normalized spacial score (nSPS) is 10.2. The van der Waals surface area contributed by atoms with Crippen molar-refractivity contribution in [3.05, 3.63) is 58.1 Å². The molecule has 3 N–H and O–H groups in total. The van der Waals surface area contributed by atoms with Crippen molar-refractivity contribution in [2.24, 2.45) is 5.73 Å². The number of carbonyl (C=O) groups is 1. The van der Waals surface area contributed by atoms with Crippen LogP contribution in [0, 0.1) is 13.8 Å². The summed E-state index contributed by atoms with van der Waals surface area (Å²) in [7, 11) is 0. The molecule has 0 aliphatic heterocycles. The van der Waals surface area contributed by atoms with Crippen molar-refractivity contribution in [1.29, 1.82) is 0 Å². The van der Waals surface area contributed by atoms with Gasteiger partial charge in [-0.3, -0.25) is 4.79 Å². The van der Waals surface area contributed by atoms with Crippen molar-refractivity contribution in [3.8, 4) is 5.75 Å². The van der Waals surface area contributed by atoms with E-state index in [0.29, 0.717) is 21.4 Å². The lowest BCUT2D eigenvalue weighted by Crippen LogP contribution is -2.20. The molecule has 0 aliphatic carbocycles. The zero-order chi connectivity index (χ0) is 17.0. The number of hydrogen-bond donors (Lipinski definition) is 2. The monoisotopic (exact) mass is 348 g/mol. The minimum atomic E-state index is -0.252.